The molecule has 0 radical (unpaired) electrons. The highest BCUT2D eigenvalue weighted by molar-refractivity contribution is 9.10. The van der Waals surface area contributed by atoms with Gasteiger partial charge in [-0.2, -0.15) is 0 Å². The second-order valence-electron chi connectivity index (χ2n) is 4.35. The number of carbonyl (C=O) groups is 2. The molecule has 5 nitrogen and oxygen atoms in total. The molecule has 0 bridgehead atoms. The van der Waals surface area contributed by atoms with Gasteiger partial charge in [0, 0.05) is 23.5 Å². The van der Waals surface area contributed by atoms with Gasteiger partial charge in [-0.05, 0) is 30.7 Å². The number of carbonyl (C=O) groups excluding carboxylic acids is 2. The van der Waals surface area contributed by atoms with Crippen LogP contribution in [-0.4, -0.2) is 31.0 Å². The van der Waals surface area contributed by atoms with Crippen LogP contribution in [0.15, 0.2) is 28.7 Å². The Kier molecular flexibility index (Phi) is 4.79. The Morgan fingerprint density at radius 2 is 2.16 bits per heavy atom. The predicted octanol–water partition coefficient (Wildman–Crippen LogP) is 1.22. The summed E-state index contributed by atoms with van der Waals surface area (Å²) >= 11 is 3.33. The molecule has 1 aromatic rings. The monoisotopic (exact) mass is 326 g/mol. The summed E-state index contributed by atoms with van der Waals surface area (Å²) in [5.74, 6) is 0.510. The maximum atomic E-state index is 11.7. The zero-order valence-electron chi connectivity index (χ0n) is 10.3. The molecule has 1 aliphatic heterocycles. The molecule has 2 rings (SSSR count). The molecule has 2 N–H and O–H groups in total. The highest BCUT2D eigenvalue weighted by Crippen LogP contribution is 2.15. The number of piperidine rings is 1. The largest absolute Gasteiger partial charge is 0.484 e. The summed E-state index contributed by atoms with van der Waals surface area (Å²) < 4.78 is 6.33. The number of rotatable bonds is 4. The fraction of sp³-hybridized carbons (Fsp3) is 0.385. The Morgan fingerprint density at radius 3 is 2.79 bits per heavy atom. The minimum atomic E-state index is -0.177. The van der Waals surface area contributed by atoms with Crippen molar-refractivity contribution in [2.45, 2.75) is 18.9 Å². The standard InChI is InChI=1S/C13H15BrN2O3/c14-9-1-4-11(5-2-9)19-8-13(18)16-10-3-6-12(17)15-7-10/h1-2,4-5,10H,3,6-8H2,(H,15,17)(H,16,18). The van der Waals surface area contributed by atoms with Gasteiger partial charge >= 0.3 is 0 Å². The van der Waals surface area contributed by atoms with Crippen molar-refractivity contribution in [3.05, 3.63) is 28.7 Å². The summed E-state index contributed by atoms with van der Waals surface area (Å²) in [7, 11) is 0. The van der Waals surface area contributed by atoms with Crippen LogP contribution in [0.3, 0.4) is 0 Å². The van der Waals surface area contributed by atoms with Gasteiger partial charge in [-0.3, -0.25) is 9.59 Å². The number of hydrogen-bond acceptors (Lipinski definition) is 3. The van der Waals surface area contributed by atoms with E-state index in [0.717, 1.165) is 4.47 Å². The molecule has 1 unspecified atom stereocenters. The van der Waals surface area contributed by atoms with E-state index in [-0.39, 0.29) is 24.5 Å². The lowest BCUT2D eigenvalue weighted by Gasteiger charge is -2.23. The topological polar surface area (TPSA) is 67.4 Å². The second-order valence-corrected chi connectivity index (χ2v) is 5.27. The third kappa shape index (κ3) is 4.55. The molecule has 0 aliphatic carbocycles. The summed E-state index contributed by atoms with van der Waals surface area (Å²) in [6.45, 7) is 0.467. The smallest absolute Gasteiger partial charge is 0.258 e. The molecule has 0 saturated carbocycles. The summed E-state index contributed by atoms with van der Waals surface area (Å²) in [6.07, 6.45) is 1.13. The van der Waals surface area contributed by atoms with E-state index in [1.54, 1.807) is 12.1 Å². The van der Waals surface area contributed by atoms with Crippen LogP contribution < -0.4 is 15.4 Å². The lowest BCUT2D eigenvalue weighted by atomic mass is 10.1. The van der Waals surface area contributed by atoms with Crippen molar-refractivity contribution in [3.8, 4) is 5.75 Å². The lowest BCUT2D eigenvalue weighted by Crippen LogP contribution is -2.48. The van der Waals surface area contributed by atoms with Crippen molar-refractivity contribution in [3.63, 3.8) is 0 Å². The van der Waals surface area contributed by atoms with E-state index in [0.29, 0.717) is 25.1 Å². The van der Waals surface area contributed by atoms with Crippen LogP contribution in [0.1, 0.15) is 12.8 Å². The molecule has 0 spiro atoms. The van der Waals surface area contributed by atoms with Gasteiger partial charge in [0.05, 0.1) is 0 Å². The van der Waals surface area contributed by atoms with Crippen LogP contribution in [0.4, 0.5) is 0 Å². The van der Waals surface area contributed by atoms with Gasteiger partial charge in [-0.25, -0.2) is 0 Å². The fourth-order valence-corrected chi connectivity index (χ4v) is 2.07. The van der Waals surface area contributed by atoms with Gasteiger partial charge in [0.15, 0.2) is 6.61 Å². The van der Waals surface area contributed by atoms with Crippen LogP contribution in [0.5, 0.6) is 5.75 Å². The van der Waals surface area contributed by atoms with E-state index in [4.69, 9.17) is 4.74 Å². The van der Waals surface area contributed by atoms with E-state index in [9.17, 15) is 9.59 Å². The number of halogens is 1. The quantitative estimate of drug-likeness (QED) is 0.874. The third-order valence-electron chi connectivity index (χ3n) is 2.81. The number of hydrogen-bond donors (Lipinski definition) is 2. The Balaban J connectivity index is 1.72. The average Bonchev–Trinajstić information content (AvgIpc) is 2.41. The van der Waals surface area contributed by atoms with Crippen molar-refractivity contribution >= 4 is 27.7 Å². The predicted molar refractivity (Wildman–Crippen MR) is 73.8 cm³/mol. The zero-order chi connectivity index (χ0) is 13.7. The molecule has 1 atom stereocenters. The number of benzene rings is 1. The number of amides is 2. The lowest BCUT2D eigenvalue weighted by molar-refractivity contribution is -0.126. The summed E-state index contributed by atoms with van der Waals surface area (Å²) in [5, 5.41) is 5.55. The van der Waals surface area contributed by atoms with Gasteiger partial charge in [0.25, 0.3) is 5.91 Å². The van der Waals surface area contributed by atoms with E-state index in [1.165, 1.54) is 0 Å². The Labute approximate surface area is 119 Å². The Morgan fingerprint density at radius 1 is 1.42 bits per heavy atom. The molecule has 19 heavy (non-hydrogen) atoms. The molecule has 1 heterocycles. The maximum absolute atomic E-state index is 11.7. The molecular weight excluding hydrogens is 312 g/mol. The fourth-order valence-electron chi connectivity index (χ4n) is 1.81. The van der Waals surface area contributed by atoms with Crippen LogP contribution in [0.25, 0.3) is 0 Å². The van der Waals surface area contributed by atoms with Crippen LogP contribution in [0, 0.1) is 0 Å². The molecular formula is C13H15BrN2O3. The second kappa shape index (κ2) is 6.56. The van der Waals surface area contributed by atoms with Crippen molar-refractivity contribution in [1.82, 2.24) is 10.6 Å². The normalized spacial score (nSPS) is 18.6. The number of nitrogens with one attached hydrogen (secondary N) is 2. The van der Waals surface area contributed by atoms with Crippen molar-refractivity contribution in [2.75, 3.05) is 13.2 Å². The Hall–Kier alpha value is -1.56. The minimum Gasteiger partial charge on any atom is -0.484 e. The van der Waals surface area contributed by atoms with Gasteiger partial charge in [0.2, 0.25) is 5.91 Å². The van der Waals surface area contributed by atoms with Crippen LogP contribution >= 0.6 is 15.9 Å². The van der Waals surface area contributed by atoms with E-state index < -0.39 is 0 Å². The summed E-state index contributed by atoms with van der Waals surface area (Å²) in [4.78, 5) is 22.7. The van der Waals surface area contributed by atoms with Gasteiger partial charge in [0.1, 0.15) is 5.75 Å². The van der Waals surface area contributed by atoms with Crippen LogP contribution in [0.2, 0.25) is 0 Å². The highest BCUT2D eigenvalue weighted by atomic mass is 79.9. The molecule has 1 fully saturated rings. The molecule has 102 valence electrons. The molecule has 1 aromatic carbocycles. The molecule has 2 amide bonds. The first-order chi connectivity index (χ1) is 9.13. The summed E-state index contributed by atoms with van der Waals surface area (Å²) in [6, 6.07) is 7.28. The van der Waals surface area contributed by atoms with Crippen molar-refractivity contribution < 1.29 is 14.3 Å². The van der Waals surface area contributed by atoms with Gasteiger partial charge in [-0.1, -0.05) is 15.9 Å². The maximum Gasteiger partial charge on any atom is 0.258 e. The first kappa shape index (κ1) is 13.9. The number of ether oxygens (including phenoxy) is 1. The van der Waals surface area contributed by atoms with Crippen molar-refractivity contribution in [2.24, 2.45) is 0 Å². The van der Waals surface area contributed by atoms with Crippen LogP contribution in [-0.2, 0) is 9.59 Å². The van der Waals surface area contributed by atoms with E-state index >= 15 is 0 Å². The molecule has 1 aliphatic rings. The highest BCUT2D eigenvalue weighted by Gasteiger charge is 2.19. The zero-order valence-corrected chi connectivity index (χ0v) is 11.9. The molecule has 1 saturated heterocycles. The van der Waals surface area contributed by atoms with E-state index in [2.05, 4.69) is 26.6 Å². The van der Waals surface area contributed by atoms with E-state index in [1.807, 2.05) is 12.1 Å². The average molecular weight is 327 g/mol. The Bertz CT molecular complexity index is 451. The first-order valence-corrected chi connectivity index (χ1v) is 6.87. The molecule has 0 aromatic heterocycles. The van der Waals surface area contributed by atoms with Crippen molar-refractivity contribution in [1.29, 1.82) is 0 Å². The summed E-state index contributed by atoms with van der Waals surface area (Å²) in [5.41, 5.74) is 0. The molecule has 6 heteroatoms. The SMILES string of the molecule is O=C1CCC(NC(=O)COc2ccc(Br)cc2)CN1. The van der Waals surface area contributed by atoms with Gasteiger partial charge in [-0.15, -0.1) is 0 Å². The van der Waals surface area contributed by atoms with Gasteiger partial charge < -0.3 is 15.4 Å². The minimum absolute atomic E-state index is 0.00119. The third-order valence-corrected chi connectivity index (χ3v) is 3.34. The first-order valence-electron chi connectivity index (χ1n) is 6.08.